The Hall–Kier alpha value is -1.31. The Morgan fingerprint density at radius 3 is 2.36 bits per heavy atom. The summed E-state index contributed by atoms with van der Waals surface area (Å²) in [5.41, 5.74) is 5.62. The maximum absolute atomic E-state index is 13.0. The number of rotatable bonds is 17. The van der Waals surface area contributed by atoms with Gasteiger partial charge >= 0.3 is 0 Å². The lowest BCUT2D eigenvalue weighted by Crippen LogP contribution is -2.50. The second-order valence-electron chi connectivity index (χ2n) is 10.2. The number of unbranched alkanes of at least 4 members (excludes halogenated alkanes) is 5. The molecule has 1 saturated heterocycles. The molecule has 0 bridgehead atoms. The Morgan fingerprint density at radius 1 is 1.09 bits per heavy atom. The van der Waals surface area contributed by atoms with Gasteiger partial charge in [-0.25, -0.2) is 0 Å². The highest BCUT2D eigenvalue weighted by Crippen LogP contribution is 2.25. The summed E-state index contributed by atoms with van der Waals surface area (Å²) in [6.07, 6.45) is 9.97. The normalized spacial score (nSPS) is 21.4. The minimum atomic E-state index is -0.982. The minimum absolute atomic E-state index is 0.0316. The van der Waals surface area contributed by atoms with E-state index in [9.17, 15) is 19.5 Å². The Balaban J connectivity index is 2.61. The van der Waals surface area contributed by atoms with Crippen molar-refractivity contribution in [2.45, 2.75) is 117 Å². The predicted molar refractivity (Wildman–Crippen MR) is 133 cm³/mol. The minimum Gasteiger partial charge on any atom is -0.393 e. The third-order valence-electron chi connectivity index (χ3n) is 6.89. The second kappa shape index (κ2) is 16.3. The number of amides is 1. The van der Waals surface area contributed by atoms with Gasteiger partial charge in [0.25, 0.3) is 0 Å². The van der Waals surface area contributed by atoms with Gasteiger partial charge in [0.2, 0.25) is 5.91 Å². The lowest BCUT2D eigenvalue weighted by atomic mass is 9.83. The largest absolute Gasteiger partial charge is 0.393 e. The van der Waals surface area contributed by atoms with Crippen molar-refractivity contribution in [1.82, 2.24) is 10.6 Å². The smallest absolute Gasteiger partial charge is 0.226 e. The van der Waals surface area contributed by atoms with Gasteiger partial charge in [-0.3, -0.25) is 14.4 Å². The first kappa shape index (κ1) is 29.7. The highest BCUT2D eigenvalue weighted by atomic mass is 16.3. The molecular formula is C26H49N3O4. The Morgan fingerprint density at radius 2 is 1.76 bits per heavy atom. The van der Waals surface area contributed by atoms with E-state index in [0.717, 1.165) is 25.8 Å². The Labute approximate surface area is 201 Å². The number of aliphatic hydroxyl groups excluding tert-OH is 1. The third kappa shape index (κ3) is 11.1. The van der Waals surface area contributed by atoms with Gasteiger partial charge in [0, 0.05) is 12.3 Å². The van der Waals surface area contributed by atoms with Gasteiger partial charge in [-0.15, -0.1) is 0 Å². The molecule has 0 radical (unpaired) electrons. The number of piperidine rings is 1. The molecule has 1 heterocycles. The molecule has 0 aromatic heterocycles. The molecule has 0 saturated carbocycles. The average molecular weight is 468 g/mol. The van der Waals surface area contributed by atoms with Gasteiger partial charge in [-0.2, -0.15) is 0 Å². The molecule has 1 amide bonds. The molecule has 7 heteroatoms. The summed E-state index contributed by atoms with van der Waals surface area (Å²) >= 11 is 0. The Bertz CT molecular complexity index is 594. The molecule has 0 aromatic carbocycles. The first-order chi connectivity index (χ1) is 15.7. The zero-order valence-electron chi connectivity index (χ0n) is 21.4. The molecule has 33 heavy (non-hydrogen) atoms. The van der Waals surface area contributed by atoms with Crippen molar-refractivity contribution in [2.24, 2.45) is 23.5 Å². The van der Waals surface area contributed by atoms with E-state index in [1.165, 1.54) is 45.4 Å². The molecule has 5 atom stereocenters. The number of carbonyl (C=O) groups is 3. The van der Waals surface area contributed by atoms with Gasteiger partial charge in [0.1, 0.15) is 0 Å². The van der Waals surface area contributed by atoms with Crippen LogP contribution in [0.15, 0.2) is 0 Å². The molecule has 1 rings (SSSR count). The standard InChI is InChI=1S/C26H49N3O4/c1-5-6-7-8-9-10-11-20-13-15-28-23(16-20)24(31)17-21(19(4)30)26(33)29-22(12-14-27)25(32)18(2)3/h18-23,28,30H,5-17,27H2,1-4H3,(H,29,33)/t19?,20-,21-,22-,23+/m0/s1. The highest BCUT2D eigenvalue weighted by molar-refractivity contribution is 5.93. The third-order valence-corrected chi connectivity index (χ3v) is 6.89. The van der Waals surface area contributed by atoms with Crippen LogP contribution in [0.1, 0.15) is 98.3 Å². The van der Waals surface area contributed by atoms with E-state index in [4.69, 9.17) is 5.73 Å². The number of nitrogens with one attached hydrogen (secondary N) is 2. The van der Waals surface area contributed by atoms with Crippen LogP contribution in [0.25, 0.3) is 0 Å². The van der Waals surface area contributed by atoms with Crippen LogP contribution in [-0.2, 0) is 14.4 Å². The van der Waals surface area contributed by atoms with Crippen molar-refractivity contribution >= 4 is 17.5 Å². The maximum atomic E-state index is 13.0. The topological polar surface area (TPSA) is 122 Å². The maximum Gasteiger partial charge on any atom is 0.226 e. The molecule has 0 aromatic rings. The van der Waals surface area contributed by atoms with Crippen LogP contribution in [-0.4, -0.2) is 53.9 Å². The van der Waals surface area contributed by atoms with Crippen LogP contribution in [0.4, 0.5) is 0 Å². The molecule has 1 aliphatic heterocycles. The van der Waals surface area contributed by atoms with Gasteiger partial charge < -0.3 is 21.5 Å². The molecule has 7 nitrogen and oxygen atoms in total. The van der Waals surface area contributed by atoms with Crippen LogP contribution in [0, 0.1) is 17.8 Å². The van der Waals surface area contributed by atoms with E-state index in [0.29, 0.717) is 12.3 Å². The van der Waals surface area contributed by atoms with Gasteiger partial charge in [-0.1, -0.05) is 65.7 Å². The molecule has 1 aliphatic rings. The van der Waals surface area contributed by atoms with Gasteiger partial charge in [0.15, 0.2) is 11.6 Å². The van der Waals surface area contributed by atoms with Gasteiger partial charge in [-0.05, 0) is 45.2 Å². The molecule has 0 spiro atoms. The fraction of sp³-hybridized carbons (Fsp3) is 0.885. The predicted octanol–water partition coefficient (Wildman–Crippen LogP) is 3.12. The van der Waals surface area contributed by atoms with Crippen molar-refractivity contribution in [3.05, 3.63) is 0 Å². The molecule has 192 valence electrons. The first-order valence-electron chi connectivity index (χ1n) is 13.2. The van der Waals surface area contributed by atoms with E-state index in [2.05, 4.69) is 17.6 Å². The zero-order valence-corrected chi connectivity index (χ0v) is 21.4. The monoisotopic (exact) mass is 467 g/mol. The van der Waals surface area contributed by atoms with Crippen molar-refractivity contribution in [2.75, 3.05) is 13.1 Å². The number of hydrogen-bond acceptors (Lipinski definition) is 6. The van der Waals surface area contributed by atoms with E-state index < -0.39 is 24.0 Å². The zero-order chi connectivity index (χ0) is 24.8. The lowest BCUT2D eigenvalue weighted by Gasteiger charge is -2.31. The summed E-state index contributed by atoms with van der Waals surface area (Å²) in [6.45, 7) is 8.39. The van der Waals surface area contributed by atoms with Crippen LogP contribution >= 0.6 is 0 Å². The quantitative estimate of drug-likeness (QED) is 0.244. The number of aliphatic hydroxyl groups is 1. The van der Waals surface area contributed by atoms with Crippen molar-refractivity contribution in [3.8, 4) is 0 Å². The van der Waals surface area contributed by atoms with Crippen molar-refractivity contribution in [1.29, 1.82) is 0 Å². The fourth-order valence-electron chi connectivity index (χ4n) is 4.69. The molecule has 0 aliphatic carbocycles. The first-order valence-corrected chi connectivity index (χ1v) is 13.2. The van der Waals surface area contributed by atoms with E-state index in [1.54, 1.807) is 13.8 Å². The van der Waals surface area contributed by atoms with Crippen LogP contribution in [0.5, 0.6) is 0 Å². The molecular weight excluding hydrogens is 418 g/mol. The van der Waals surface area contributed by atoms with Crippen molar-refractivity contribution in [3.63, 3.8) is 0 Å². The van der Waals surface area contributed by atoms with Gasteiger partial charge in [0.05, 0.1) is 24.1 Å². The summed E-state index contributed by atoms with van der Waals surface area (Å²) in [5, 5.41) is 16.3. The fourth-order valence-corrected chi connectivity index (χ4v) is 4.69. The van der Waals surface area contributed by atoms with Crippen LogP contribution in [0.3, 0.4) is 0 Å². The Kier molecular flexibility index (Phi) is 14.7. The number of hydrogen-bond donors (Lipinski definition) is 4. The molecule has 5 N–H and O–H groups in total. The number of carbonyl (C=O) groups excluding carboxylic acids is 3. The number of Topliss-reactive ketones (excluding diaryl/α,β-unsaturated/α-hetero) is 2. The van der Waals surface area contributed by atoms with E-state index in [1.807, 2.05) is 0 Å². The van der Waals surface area contributed by atoms with Crippen molar-refractivity contribution < 1.29 is 19.5 Å². The summed E-state index contributed by atoms with van der Waals surface area (Å²) in [5.74, 6) is -1.15. The summed E-state index contributed by atoms with van der Waals surface area (Å²) in [7, 11) is 0. The SMILES string of the molecule is CCCCCCCC[C@H]1CCN[C@@H](C(=O)C[C@H](C(=O)N[C@@H](CCN)C(=O)C(C)C)C(C)O)C1. The summed E-state index contributed by atoms with van der Waals surface area (Å²) in [4.78, 5) is 38.3. The number of ketones is 2. The summed E-state index contributed by atoms with van der Waals surface area (Å²) < 4.78 is 0. The average Bonchev–Trinajstić information content (AvgIpc) is 2.78. The number of nitrogens with two attached hydrogens (primary N) is 1. The van der Waals surface area contributed by atoms with Crippen LogP contribution in [0.2, 0.25) is 0 Å². The molecule has 1 unspecified atom stereocenters. The van der Waals surface area contributed by atoms with E-state index in [-0.39, 0.29) is 36.5 Å². The second-order valence-corrected chi connectivity index (χ2v) is 10.2. The summed E-state index contributed by atoms with van der Waals surface area (Å²) in [6, 6.07) is -0.955. The van der Waals surface area contributed by atoms with E-state index >= 15 is 0 Å². The lowest BCUT2D eigenvalue weighted by molar-refractivity contribution is -0.136. The van der Waals surface area contributed by atoms with Crippen LogP contribution < -0.4 is 16.4 Å². The highest BCUT2D eigenvalue weighted by Gasteiger charge is 2.34. The molecule has 1 fully saturated rings.